The number of likely N-dealkylation sites (tertiary alicyclic amines) is 1. The third-order valence-electron chi connectivity index (χ3n) is 4.80. The van der Waals surface area contributed by atoms with Crippen LogP contribution >= 0.6 is 24.0 Å². The van der Waals surface area contributed by atoms with Gasteiger partial charge in [-0.2, -0.15) is 0 Å². The van der Waals surface area contributed by atoms with Gasteiger partial charge in [0, 0.05) is 13.6 Å². The first-order valence-electron chi connectivity index (χ1n) is 9.76. The van der Waals surface area contributed by atoms with Crippen LogP contribution in [0.3, 0.4) is 0 Å². The molecule has 1 aliphatic heterocycles. The van der Waals surface area contributed by atoms with E-state index in [2.05, 4.69) is 26.6 Å². The van der Waals surface area contributed by atoms with Crippen LogP contribution < -0.4 is 15.4 Å². The Hall–Kier alpha value is -1.74. The molecule has 154 valence electrons. The Balaban J connectivity index is 0.00000280. The lowest BCUT2D eigenvalue weighted by molar-refractivity contribution is 0.146. The minimum absolute atomic E-state index is 0. The molecule has 0 saturated carbocycles. The van der Waals surface area contributed by atoms with E-state index in [1.54, 1.807) is 13.3 Å². The molecule has 2 heterocycles. The summed E-state index contributed by atoms with van der Waals surface area (Å²) in [5.74, 6) is 2.66. The van der Waals surface area contributed by atoms with Gasteiger partial charge in [-0.05, 0) is 50.2 Å². The van der Waals surface area contributed by atoms with Gasteiger partial charge in [0.05, 0.1) is 18.8 Å². The van der Waals surface area contributed by atoms with E-state index < -0.39 is 0 Å². The summed E-state index contributed by atoms with van der Waals surface area (Å²) in [4.78, 5) is 6.82. The third-order valence-corrected chi connectivity index (χ3v) is 4.80. The van der Waals surface area contributed by atoms with Gasteiger partial charge in [-0.3, -0.25) is 9.89 Å². The highest BCUT2D eigenvalue weighted by atomic mass is 127. The van der Waals surface area contributed by atoms with Crippen molar-refractivity contribution < 1.29 is 9.15 Å². The van der Waals surface area contributed by atoms with Gasteiger partial charge < -0.3 is 19.8 Å². The van der Waals surface area contributed by atoms with Crippen LogP contribution in [0.5, 0.6) is 5.75 Å². The number of piperidine rings is 1. The Morgan fingerprint density at radius 3 is 2.57 bits per heavy atom. The zero-order valence-electron chi connectivity index (χ0n) is 16.5. The molecule has 1 unspecified atom stereocenters. The van der Waals surface area contributed by atoms with Gasteiger partial charge in [-0.25, -0.2) is 0 Å². The fraction of sp³-hybridized carbons (Fsp3) is 0.476. The number of nitrogens with one attached hydrogen (secondary N) is 2. The number of aliphatic imine (C=N–C) groups is 1. The van der Waals surface area contributed by atoms with Crippen LogP contribution in [0.4, 0.5) is 0 Å². The molecule has 1 aromatic carbocycles. The van der Waals surface area contributed by atoms with Crippen LogP contribution in [0.2, 0.25) is 0 Å². The van der Waals surface area contributed by atoms with Crippen LogP contribution in [-0.2, 0) is 0 Å². The van der Waals surface area contributed by atoms with E-state index in [-0.39, 0.29) is 30.0 Å². The normalized spacial score (nSPS) is 16.1. The first-order chi connectivity index (χ1) is 13.4. The Kier molecular flexibility index (Phi) is 10.2. The van der Waals surface area contributed by atoms with Crippen molar-refractivity contribution in [3.8, 4) is 5.75 Å². The lowest BCUT2D eigenvalue weighted by Gasteiger charge is -2.33. The number of hydrogen-bond donors (Lipinski definition) is 2. The van der Waals surface area contributed by atoms with Crippen LogP contribution in [0.25, 0.3) is 0 Å². The van der Waals surface area contributed by atoms with Gasteiger partial charge in [0.25, 0.3) is 0 Å². The van der Waals surface area contributed by atoms with Crippen molar-refractivity contribution in [2.75, 3.05) is 39.8 Å². The van der Waals surface area contributed by atoms with Gasteiger partial charge in [-0.1, -0.05) is 24.6 Å². The molecule has 0 aliphatic carbocycles. The fourth-order valence-corrected chi connectivity index (χ4v) is 3.39. The van der Waals surface area contributed by atoms with Gasteiger partial charge in [-0.15, -0.1) is 24.0 Å². The van der Waals surface area contributed by atoms with Crippen molar-refractivity contribution in [1.82, 2.24) is 15.5 Å². The van der Waals surface area contributed by atoms with Crippen LogP contribution in [0, 0.1) is 0 Å². The van der Waals surface area contributed by atoms with E-state index in [9.17, 15) is 0 Å². The number of para-hydroxylation sites is 1. The average molecular weight is 498 g/mol. The fourth-order valence-electron chi connectivity index (χ4n) is 3.39. The van der Waals surface area contributed by atoms with Gasteiger partial charge >= 0.3 is 0 Å². The van der Waals surface area contributed by atoms with Crippen molar-refractivity contribution in [2.45, 2.75) is 25.3 Å². The Labute approximate surface area is 184 Å². The third kappa shape index (κ3) is 7.01. The molecule has 1 aromatic heterocycles. The van der Waals surface area contributed by atoms with Crippen LogP contribution in [-0.4, -0.2) is 50.7 Å². The number of furan rings is 1. The molecule has 6 nitrogen and oxygen atoms in total. The largest absolute Gasteiger partial charge is 0.492 e. The number of guanidine groups is 1. The first kappa shape index (κ1) is 22.5. The first-order valence-corrected chi connectivity index (χ1v) is 9.76. The molecule has 0 radical (unpaired) electrons. The molecule has 1 fully saturated rings. The monoisotopic (exact) mass is 498 g/mol. The summed E-state index contributed by atoms with van der Waals surface area (Å²) in [5.41, 5.74) is 0. The molecule has 1 atom stereocenters. The second-order valence-corrected chi connectivity index (χ2v) is 6.67. The van der Waals surface area contributed by atoms with E-state index in [0.29, 0.717) is 13.2 Å². The summed E-state index contributed by atoms with van der Waals surface area (Å²) in [5, 5.41) is 6.74. The van der Waals surface area contributed by atoms with E-state index in [4.69, 9.17) is 9.15 Å². The van der Waals surface area contributed by atoms with Crippen molar-refractivity contribution in [1.29, 1.82) is 0 Å². The maximum Gasteiger partial charge on any atom is 0.191 e. The summed E-state index contributed by atoms with van der Waals surface area (Å²) >= 11 is 0. The lowest BCUT2D eigenvalue weighted by Crippen LogP contribution is -2.45. The number of hydrogen-bond acceptors (Lipinski definition) is 4. The van der Waals surface area contributed by atoms with Crippen molar-refractivity contribution in [3.05, 3.63) is 54.5 Å². The number of rotatable bonds is 8. The maximum absolute atomic E-state index is 5.71. The van der Waals surface area contributed by atoms with Gasteiger partial charge in [0.15, 0.2) is 5.96 Å². The lowest BCUT2D eigenvalue weighted by atomic mass is 10.1. The summed E-state index contributed by atoms with van der Waals surface area (Å²) < 4.78 is 11.4. The molecule has 7 heteroatoms. The smallest absolute Gasteiger partial charge is 0.191 e. The Morgan fingerprint density at radius 2 is 1.89 bits per heavy atom. The zero-order chi connectivity index (χ0) is 18.7. The summed E-state index contributed by atoms with van der Waals surface area (Å²) in [7, 11) is 1.79. The Bertz CT molecular complexity index is 673. The minimum Gasteiger partial charge on any atom is -0.492 e. The molecule has 0 amide bonds. The molecule has 2 N–H and O–H groups in total. The Morgan fingerprint density at radius 1 is 1.11 bits per heavy atom. The average Bonchev–Trinajstić information content (AvgIpc) is 3.26. The quantitative estimate of drug-likeness (QED) is 0.252. The van der Waals surface area contributed by atoms with Crippen molar-refractivity contribution >= 4 is 29.9 Å². The molecule has 2 aromatic rings. The molecular formula is C21H31IN4O2. The molecule has 1 aliphatic rings. The summed E-state index contributed by atoms with van der Waals surface area (Å²) in [6.07, 6.45) is 5.57. The van der Waals surface area contributed by atoms with Gasteiger partial charge in [0.1, 0.15) is 18.1 Å². The van der Waals surface area contributed by atoms with Crippen LogP contribution in [0.1, 0.15) is 31.1 Å². The molecule has 0 bridgehead atoms. The molecule has 28 heavy (non-hydrogen) atoms. The second kappa shape index (κ2) is 12.7. The van der Waals surface area contributed by atoms with Crippen molar-refractivity contribution in [3.63, 3.8) is 0 Å². The predicted octanol–water partition coefficient (Wildman–Crippen LogP) is 3.67. The molecular weight excluding hydrogens is 467 g/mol. The van der Waals surface area contributed by atoms with Crippen molar-refractivity contribution in [2.24, 2.45) is 4.99 Å². The zero-order valence-corrected chi connectivity index (χ0v) is 18.8. The number of ether oxygens (including phenoxy) is 1. The molecule has 0 spiro atoms. The highest BCUT2D eigenvalue weighted by Crippen LogP contribution is 2.24. The van der Waals surface area contributed by atoms with E-state index in [1.807, 2.05) is 36.4 Å². The highest BCUT2D eigenvalue weighted by molar-refractivity contribution is 14.0. The van der Waals surface area contributed by atoms with E-state index >= 15 is 0 Å². The highest BCUT2D eigenvalue weighted by Gasteiger charge is 2.24. The predicted molar refractivity (Wildman–Crippen MR) is 124 cm³/mol. The SMILES string of the molecule is CN=C(NCCOc1ccccc1)NCC(c1ccco1)N1CCCCC1.I. The van der Waals surface area contributed by atoms with E-state index in [0.717, 1.165) is 37.1 Å². The number of nitrogens with zero attached hydrogens (tertiary/aromatic N) is 2. The van der Waals surface area contributed by atoms with E-state index in [1.165, 1.54) is 19.3 Å². The standard InChI is InChI=1S/C21H30N4O2.HI/c1-22-21(23-12-16-26-18-9-4-2-5-10-18)24-17-19(20-11-8-15-27-20)25-13-6-3-7-14-25;/h2,4-5,8-11,15,19H,3,6-7,12-14,16-17H2,1H3,(H2,22,23,24);1H. The summed E-state index contributed by atoms with van der Waals surface area (Å²) in [6, 6.07) is 14.1. The molecule has 1 saturated heterocycles. The topological polar surface area (TPSA) is 62.0 Å². The molecule has 3 rings (SSSR count). The minimum atomic E-state index is 0. The second-order valence-electron chi connectivity index (χ2n) is 6.67. The van der Waals surface area contributed by atoms with Crippen LogP contribution in [0.15, 0.2) is 58.1 Å². The maximum atomic E-state index is 5.71. The number of halogens is 1. The summed E-state index contributed by atoms with van der Waals surface area (Å²) in [6.45, 7) is 4.25. The van der Waals surface area contributed by atoms with Gasteiger partial charge in [0.2, 0.25) is 0 Å². The number of benzene rings is 1.